The van der Waals surface area contributed by atoms with Crippen molar-refractivity contribution in [3.8, 4) is 5.69 Å². The first kappa shape index (κ1) is 14.2. The van der Waals surface area contributed by atoms with Crippen molar-refractivity contribution >= 4 is 0 Å². The lowest BCUT2D eigenvalue weighted by Crippen LogP contribution is -2.36. The Balaban J connectivity index is 1.92. The van der Waals surface area contributed by atoms with Crippen LogP contribution in [0.2, 0.25) is 0 Å². The Morgan fingerprint density at radius 3 is 2.38 bits per heavy atom. The first-order valence-electron chi connectivity index (χ1n) is 7.57. The molecule has 5 heteroatoms. The normalized spacial score (nSPS) is 19.9. The van der Waals surface area contributed by atoms with Crippen molar-refractivity contribution in [2.24, 2.45) is 0 Å². The van der Waals surface area contributed by atoms with E-state index in [0.29, 0.717) is 18.5 Å². The van der Waals surface area contributed by atoms with E-state index in [2.05, 4.69) is 10.3 Å². The van der Waals surface area contributed by atoms with Crippen molar-refractivity contribution in [3.05, 3.63) is 42.2 Å². The number of hydrogen-bond donors (Lipinski definition) is 2. The first-order valence-corrected chi connectivity index (χ1v) is 7.57. The van der Waals surface area contributed by atoms with Gasteiger partial charge in [-0.05, 0) is 25.0 Å². The first-order chi connectivity index (χ1) is 10.2. The number of aliphatic hydroxyl groups excluding tert-OH is 1. The van der Waals surface area contributed by atoms with Gasteiger partial charge in [0.25, 0.3) is 0 Å². The lowest BCUT2D eigenvalue weighted by Gasteiger charge is -2.32. The molecule has 2 N–H and O–H groups in total. The molecule has 0 radical (unpaired) electrons. The van der Waals surface area contributed by atoms with Gasteiger partial charge < -0.3 is 10.2 Å². The van der Waals surface area contributed by atoms with Crippen LogP contribution in [0.3, 0.4) is 0 Å². The molecule has 1 unspecified atom stereocenters. The fourth-order valence-corrected chi connectivity index (χ4v) is 3.09. The van der Waals surface area contributed by atoms with Gasteiger partial charge in [0.1, 0.15) is 6.10 Å². The van der Waals surface area contributed by atoms with Gasteiger partial charge in [0, 0.05) is 0 Å². The van der Waals surface area contributed by atoms with Crippen LogP contribution in [0.25, 0.3) is 5.69 Å². The standard InChI is InChI=1S/C16H21N3O2/c20-15(16(21)10-6-1-2-7-11-16)14-12-17-18-19(14)13-8-4-3-5-9-13/h3-5,8-9,12,15,20-21H,1-2,6-7,10-11H2. The second-order valence-electron chi connectivity index (χ2n) is 5.83. The highest BCUT2D eigenvalue weighted by Gasteiger charge is 2.38. The molecule has 1 atom stereocenters. The van der Waals surface area contributed by atoms with Crippen molar-refractivity contribution in [2.75, 3.05) is 0 Å². The molecule has 112 valence electrons. The lowest BCUT2D eigenvalue weighted by atomic mass is 9.87. The van der Waals surface area contributed by atoms with E-state index in [1.807, 2.05) is 30.3 Å². The average Bonchev–Trinajstić information content (AvgIpc) is 2.90. The van der Waals surface area contributed by atoms with Crippen molar-refractivity contribution in [2.45, 2.75) is 50.2 Å². The van der Waals surface area contributed by atoms with Crippen LogP contribution < -0.4 is 0 Å². The zero-order valence-corrected chi connectivity index (χ0v) is 12.0. The molecular formula is C16H21N3O2. The Morgan fingerprint density at radius 2 is 1.71 bits per heavy atom. The molecule has 1 fully saturated rings. The summed E-state index contributed by atoms with van der Waals surface area (Å²) < 4.78 is 1.60. The van der Waals surface area contributed by atoms with E-state index >= 15 is 0 Å². The van der Waals surface area contributed by atoms with E-state index in [4.69, 9.17) is 0 Å². The number of rotatable bonds is 3. The van der Waals surface area contributed by atoms with Crippen molar-refractivity contribution in [3.63, 3.8) is 0 Å². The third-order valence-corrected chi connectivity index (χ3v) is 4.33. The maximum absolute atomic E-state index is 10.8. The summed E-state index contributed by atoms with van der Waals surface area (Å²) >= 11 is 0. The molecule has 1 aliphatic carbocycles. The lowest BCUT2D eigenvalue weighted by molar-refractivity contribution is -0.0894. The Kier molecular flexibility index (Phi) is 4.03. The van der Waals surface area contributed by atoms with Gasteiger partial charge >= 0.3 is 0 Å². The Bertz CT molecular complexity index is 574. The Morgan fingerprint density at radius 1 is 1.05 bits per heavy atom. The Hall–Kier alpha value is -1.72. The van der Waals surface area contributed by atoms with Gasteiger partial charge in [-0.1, -0.05) is 49.1 Å². The minimum atomic E-state index is -1.08. The van der Waals surface area contributed by atoms with Gasteiger partial charge in [-0.2, -0.15) is 0 Å². The maximum atomic E-state index is 10.8. The van der Waals surface area contributed by atoms with Crippen molar-refractivity contribution in [1.29, 1.82) is 0 Å². The molecule has 0 spiro atoms. The highest BCUT2D eigenvalue weighted by atomic mass is 16.3. The van der Waals surface area contributed by atoms with Crippen molar-refractivity contribution in [1.82, 2.24) is 15.0 Å². The van der Waals surface area contributed by atoms with Crippen LogP contribution >= 0.6 is 0 Å². The van der Waals surface area contributed by atoms with Crippen molar-refractivity contribution < 1.29 is 10.2 Å². The second kappa shape index (κ2) is 5.95. The summed E-state index contributed by atoms with van der Waals surface area (Å²) in [5.74, 6) is 0. The predicted octanol–water partition coefficient (Wildman–Crippen LogP) is 2.39. The van der Waals surface area contributed by atoms with Gasteiger partial charge in [0.15, 0.2) is 0 Å². The van der Waals surface area contributed by atoms with Gasteiger partial charge in [-0.3, -0.25) is 0 Å². The van der Waals surface area contributed by atoms with Gasteiger partial charge in [-0.25, -0.2) is 4.68 Å². The van der Waals surface area contributed by atoms with E-state index in [9.17, 15) is 10.2 Å². The minimum absolute atomic E-state index is 0.547. The molecule has 21 heavy (non-hydrogen) atoms. The highest BCUT2D eigenvalue weighted by molar-refractivity contribution is 5.32. The summed E-state index contributed by atoms with van der Waals surface area (Å²) in [5, 5.41) is 29.5. The molecule has 0 bridgehead atoms. The molecule has 0 aliphatic heterocycles. The molecular weight excluding hydrogens is 266 g/mol. The van der Waals surface area contributed by atoms with Crippen LogP contribution in [0.15, 0.2) is 36.5 Å². The predicted molar refractivity (Wildman–Crippen MR) is 79.0 cm³/mol. The fraction of sp³-hybridized carbons (Fsp3) is 0.500. The van der Waals surface area contributed by atoms with E-state index < -0.39 is 11.7 Å². The third-order valence-electron chi connectivity index (χ3n) is 4.33. The molecule has 1 aromatic carbocycles. The third kappa shape index (κ3) is 2.84. The van der Waals surface area contributed by atoms with E-state index in [1.54, 1.807) is 10.9 Å². The van der Waals surface area contributed by atoms with Crippen LogP contribution in [0.1, 0.15) is 50.3 Å². The molecule has 1 aliphatic rings. The van der Waals surface area contributed by atoms with Crippen LogP contribution in [0.4, 0.5) is 0 Å². The van der Waals surface area contributed by atoms with Gasteiger partial charge in [0.05, 0.1) is 23.2 Å². The summed E-state index contributed by atoms with van der Waals surface area (Å²) in [6.07, 6.45) is 5.94. The number of nitrogens with zero attached hydrogens (tertiary/aromatic N) is 3. The highest BCUT2D eigenvalue weighted by Crippen LogP contribution is 2.37. The summed E-state index contributed by atoms with van der Waals surface area (Å²) in [5.41, 5.74) is 0.303. The molecule has 2 aromatic rings. The van der Waals surface area contributed by atoms with E-state index in [-0.39, 0.29) is 0 Å². The molecule has 1 heterocycles. The quantitative estimate of drug-likeness (QED) is 0.850. The summed E-state index contributed by atoms with van der Waals surface area (Å²) in [6.45, 7) is 0. The smallest absolute Gasteiger partial charge is 0.126 e. The molecule has 0 amide bonds. The zero-order chi connectivity index (χ0) is 14.7. The molecule has 1 aromatic heterocycles. The monoisotopic (exact) mass is 287 g/mol. The number of aliphatic hydroxyl groups is 2. The zero-order valence-electron chi connectivity index (χ0n) is 12.0. The topological polar surface area (TPSA) is 71.2 Å². The SMILES string of the molecule is OC(c1cnnn1-c1ccccc1)C1(O)CCCCCC1. The number of para-hydroxylation sites is 1. The van der Waals surface area contributed by atoms with Crippen LogP contribution in [-0.4, -0.2) is 30.8 Å². The second-order valence-corrected chi connectivity index (χ2v) is 5.83. The van der Waals surface area contributed by atoms with Gasteiger partial charge in [-0.15, -0.1) is 5.10 Å². The fourth-order valence-electron chi connectivity index (χ4n) is 3.09. The maximum Gasteiger partial charge on any atom is 0.126 e. The molecule has 3 rings (SSSR count). The minimum Gasteiger partial charge on any atom is -0.387 e. The largest absolute Gasteiger partial charge is 0.387 e. The van der Waals surface area contributed by atoms with Gasteiger partial charge in [0.2, 0.25) is 0 Å². The Labute approximate surface area is 124 Å². The van der Waals surface area contributed by atoms with Crippen LogP contribution in [0.5, 0.6) is 0 Å². The molecule has 1 saturated carbocycles. The molecule has 5 nitrogen and oxygen atoms in total. The van der Waals surface area contributed by atoms with E-state index in [1.165, 1.54) is 0 Å². The summed E-state index contributed by atoms with van der Waals surface area (Å²) in [6, 6.07) is 9.56. The number of aromatic nitrogens is 3. The number of benzene rings is 1. The van der Waals surface area contributed by atoms with Crippen LogP contribution in [-0.2, 0) is 0 Å². The molecule has 0 saturated heterocycles. The summed E-state index contributed by atoms with van der Waals surface area (Å²) in [4.78, 5) is 0. The average molecular weight is 287 g/mol. The summed E-state index contributed by atoms with van der Waals surface area (Å²) in [7, 11) is 0. The van der Waals surface area contributed by atoms with E-state index in [0.717, 1.165) is 31.4 Å². The van der Waals surface area contributed by atoms with Crippen LogP contribution in [0, 0.1) is 0 Å². The number of hydrogen-bond acceptors (Lipinski definition) is 4.